The highest BCUT2D eigenvalue weighted by molar-refractivity contribution is 7.98. The smallest absolute Gasteiger partial charge is 0.132 e. The van der Waals surface area contributed by atoms with Gasteiger partial charge in [-0.05, 0) is 30.4 Å². The summed E-state index contributed by atoms with van der Waals surface area (Å²) in [5, 5.41) is 11.5. The van der Waals surface area contributed by atoms with Crippen LogP contribution in [0.25, 0.3) is 0 Å². The van der Waals surface area contributed by atoms with Crippen molar-refractivity contribution in [2.45, 2.75) is 11.3 Å². The number of nitrogens with zero attached hydrogens (tertiary/aromatic N) is 1. The van der Waals surface area contributed by atoms with Crippen LogP contribution in [0.2, 0.25) is 0 Å². The van der Waals surface area contributed by atoms with Gasteiger partial charge in [-0.2, -0.15) is 5.26 Å². The number of nitrogens with one attached hydrogen (secondary N) is 1. The summed E-state index contributed by atoms with van der Waals surface area (Å²) in [5.74, 6) is 1.72. The van der Waals surface area contributed by atoms with Crippen LogP contribution in [0.3, 0.4) is 0 Å². The third-order valence-corrected chi connectivity index (χ3v) is 3.32. The zero-order valence-electron chi connectivity index (χ0n) is 10.9. The van der Waals surface area contributed by atoms with Gasteiger partial charge in [-0.15, -0.1) is 11.8 Å². The van der Waals surface area contributed by atoms with Gasteiger partial charge in [0.2, 0.25) is 0 Å². The maximum absolute atomic E-state index is 8.45. The van der Waals surface area contributed by atoms with Crippen LogP contribution in [-0.4, -0.2) is 33.6 Å². The molecule has 0 aliphatic rings. The van der Waals surface area contributed by atoms with Crippen molar-refractivity contribution in [2.24, 2.45) is 0 Å². The van der Waals surface area contributed by atoms with Crippen LogP contribution in [0.4, 0.5) is 0 Å². The monoisotopic (exact) mass is 266 g/mol. The fourth-order valence-corrected chi connectivity index (χ4v) is 2.22. The lowest BCUT2D eigenvalue weighted by atomic mass is 10.1. The van der Waals surface area contributed by atoms with Gasteiger partial charge in [0.1, 0.15) is 11.5 Å². The van der Waals surface area contributed by atoms with E-state index in [2.05, 4.69) is 11.4 Å². The number of nitriles is 1. The molecule has 1 aromatic carbocycles. The van der Waals surface area contributed by atoms with Crippen LogP contribution in [0.15, 0.2) is 17.0 Å². The Balaban J connectivity index is 2.85. The van der Waals surface area contributed by atoms with Gasteiger partial charge < -0.3 is 14.8 Å². The summed E-state index contributed by atoms with van der Waals surface area (Å²) in [6, 6.07) is 6.04. The lowest BCUT2D eigenvalue weighted by Crippen LogP contribution is -2.17. The standard InChI is InChI=1S/C13H18N2O2S/c1-16-11-9-13(18-3)12(17-2)8-10(11)4-6-15-7-5-14/h8-9,15H,4,6-7H2,1-3H3. The molecule has 0 amide bonds. The van der Waals surface area contributed by atoms with Crippen molar-refractivity contribution in [3.05, 3.63) is 17.7 Å². The fraction of sp³-hybridized carbons (Fsp3) is 0.462. The van der Waals surface area contributed by atoms with Gasteiger partial charge >= 0.3 is 0 Å². The van der Waals surface area contributed by atoms with Crippen molar-refractivity contribution in [1.29, 1.82) is 5.26 Å². The number of thioether (sulfide) groups is 1. The molecule has 0 saturated heterocycles. The van der Waals surface area contributed by atoms with Crippen LogP contribution in [-0.2, 0) is 6.42 Å². The molecule has 4 nitrogen and oxygen atoms in total. The maximum Gasteiger partial charge on any atom is 0.132 e. The molecule has 0 aliphatic heterocycles. The number of hydrogen-bond acceptors (Lipinski definition) is 5. The predicted molar refractivity (Wildman–Crippen MR) is 73.5 cm³/mol. The van der Waals surface area contributed by atoms with Crippen LogP contribution in [0.5, 0.6) is 11.5 Å². The summed E-state index contributed by atoms with van der Waals surface area (Å²) in [6.45, 7) is 1.11. The van der Waals surface area contributed by atoms with Crippen molar-refractivity contribution in [1.82, 2.24) is 5.32 Å². The number of ether oxygens (including phenoxy) is 2. The van der Waals surface area contributed by atoms with Crippen LogP contribution in [0, 0.1) is 11.3 Å². The number of methoxy groups -OCH3 is 2. The average molecular weight is 266 g/mol. The van der Waals surface area contributed by atoms with Crippen molar-refractivity contribution in [3.8, 4) is 17.6 Å². The predicted octanol–water partition coefficient (Wildman–Crippen LogP) is 2.08. The third kappa shape index (κ3) is 3.83. The molecule has 0 saturated carbocycles. The summed E-state index contributed by atoms with van der Waals surface area (Å²) < 4.78 is 10.7. The Morgan fingerprint density at radius 2 is 2.00 bits per heavy atom. The molecule has 0 spiro atoms. The summed E-state index contributed by atoms with van der Waals surface area (Å²) in [5.41, 5.74) is 1.08. The molecule has 0 aliphatic carbocycles. The Hall–Kier alpha value is -1.38. The minimum Gasteiger partial charge on any atom is -0.496 e. The molecule has 0 unspecified atom stereocenters. The molecule has 1 N–H and O–H groups in total. The zero-order valence-corrected chi connectivity index (χ0v) is 11.8. The van der Waals surface area contributed by atoms with Crippen LogP contribution >= 0.6 is 11.8 Å². The molecule has 1 rings (SSSR count). The van der Waals surface area contributed by atoms with Gasteiger partial charge in [-0.1, -0.05) is 0 Å². The lowest BCUT2D eigenvalue weighted by molar-refractivity contribution is 0.390. The fourth-order valence-electron chi connectivity index (χ4n) is 1.66. The molecule has 0 radical (unpaired) electrons. The van der Waals surface area contributed by atoms with E-state index in [1.54, 1.807) is 26.0 Å². The van der Waals surface area contributed by atoms with E-state index in [1.165, 1.54) is 0 Å². The van der Waals surface area contributed by atoms with Crippen LogP contribution in [0.1, 0.15) is 5.56 Å². The summed E-state index contributed by atoms with van der Waals surface area (Å²) in [4.78, 5) is 1.06. The van der Waals surface area contributed by atoms with Crippen molar-refractivity contribution in [3.63, 3.8) is 0 Å². The highest BCUT2D eigenvalue weighted by Crippen LogP contribution is 2.34. The Morgan fingerprint density at radius 3 is 2.56 bits per heavy atom. The van der Waals surface area contributed by atoms with Gasteiger partial charge in [-0.25, -0.2) is 0 Å². The van der Waals surface area contributed by atoms with E-state index in [9.17, 15) is 0 Å². The summed E-state index contributed by atoms with van der Waals surface area (Å²) >= 11 is 1.63. The first-order valence-electron chi connectivity index (χ1n) is 5.63. The minimum atomic E-state index is 0.363. The first-order valence-corrected chi connectivity index (χ1v) is 6.85. The highest BCUT2D eigenvalue weighted by atomic mass is 32.2. The second-order valence-electron chi connectivity index (χ2n) is 3.60. The molecule has 0 bridgehead atoms. The molecule has 0 aromatic heterocycles. The first-order chi connectivity index (χ1) is 8.76. The topological polar surface area (TPSA) is 54.3 Å². The van der Waals surface area contributed by atoms with E-state index >= 15 is 0 Å². The van der Waals surface area contributed by atoms with Gasteiger partial charge in [0.15, 0.2) is 0 Å². The molecule has 5 heteroatoms. The molecule has 1 aromatic rings. The van der Waals surface area contributed by atoms with Gasteiger partial charge in [-0.3, -0.25) is 0 Å². The van der Waals surface area contributed by atoms with E-state index in [4.69, 9.17) is 14.7 Å². The van der Waals surface area contributed by atoms with Crippen molar-refractivity contribution < 1.29 is 9.47 Å². The molecular formula is C13H18N2O2S. The second kappa shape index (κ2) is 7.85. The number of benzene rings is 1. The molecule has 0 heterocycles. The van der Waals surface area contributed by atoms with Gasteiger partial charge in [0.05, 0.1) is 31.7 Å². The van der Waals surface area contributed by atoms with Crippen molar-refractivity contribution in [2.75, 3.05) is 33.6 Å². The van der Waals surface area contributed by atoms with Gasteiger partial charge in [0, 0.05) is 6.54 Å². The van der Waals surface area contributed by atoms with E-state index < -0.39 is 0 Å². The maximum atomic E-state index is 8.45. The Bertz CT molecular complexity index is 430. The highest BCUT2D eigenvalue weighted by Gasteiger charge is 2.10. The lowest BCUT2D eigenvalue weighted by Gasteiger charge is -2.13. The van der Waals surface area contributed by atoms with Crippen molar-refractivity contribution >= 4 is 11.8 Å². The van der Waals surface area contributed by atoms with E-state index in [0.717, 1.165) is 34.9 Å². The SMILES string of the molecule is COc1cc(SC)c(OC)cc1CCNCC#N. The second-order valence-corrected chi connectivity index (χ2v) is 4.45. The average Bonchev–Trinajstić information content (AvgIpc) is 2.42. The Morgan fingerprint density at radius 1 is 1.28 bits per heavy atom. The van der Waals surface area contributed by atoms with Gasteiger partial charge in [0.25, 0.3) is 0 Å². The molecule has 0 atom stereocenters. The summed E-state index contributed by atoms with van der Waals surface area (Å²) in [7, 11) is 3.33. The largest absolute Gasteiger partial charge is 0.496 e. The molecule has 18 heavy (non-hydrogen) atoms. The quantitative estimate of drug-likeness (QED) is 0.465. The van der Waals surface area contributed by atoms with Crippen LogP contribution < -0.4 is 14.8 Å². The normalized spacial score (nSPS) is 9.89. The molecule has 0 fully saturated rings. The van der Waals surface area contributed by atoms with E-state index in [1.807, 2.05) is 18.4 Å². The molecular weight excluding hydrogens is 248 g/mol. The minimum absolute atomic E-state index is 0.363. The number of hydrogen-bond donors (Lipinski definition) is 1. The number of rotatable bonds is 7. The van der Waals surface area contributed by atoms with E-state index in [-0.39, 0.29) is 0 Å². The first kappa shape index (κ1) is 14.7. The van der Waals surface area contributed by atoms with E-state index in [0.29, 0.717) is 6.54 Å². The molecule has 98 valence electrons. The third-order valence-electron chi connectivity index (χ3n) is 2.56. The summed E-state index contributed by atoms with van der Waals surface area (Å²) in [6.07, 6.45) is 2.81. The zero-order chi connectivity index (χ0) is 13.4. The Kier molecular flexibility index (Phi) is 6.40. The Labute approximate surface area is 112 Å².